The molecule has 3 rings (SSSR count). The third-order valence-electron chi connectivity index (χ3n) is 4.16. The summed E-state index contributed by atoms with van der Waals surface area (Å²) < 4.78 is 55.2. The quantitative estimate of drug-likeness (QED) is 0.620. The van der Waals surface area contributed by atoms with E-state index >= 15 is 0 Å². The fourth-order valence-corrected chi connectivity index (χ4v) is 2.69. The molecule has 1 aliphatic heterocycles. The van der Waals surface area contributed by atoms with Crippen LogP contribution in [0, 0.1) is 12.7 Å². The van der Waals surface area contributed by atoms with Crippen LogP contribution in [0.1, 0.15) is 15.9 Å². The van der Waals surface area contributed by atoms with Crippen molar-refractivity contribution in [3.8, 4) is 0 Å². The smallest absolute Gasteiger partial charge is 0.314 e. The van der Waals surface area contributed by atoms with Crippen LogP contribution in [0.3, 0.4) is 0 Å². The van der Waals surface area contributed by atoms with E-state index in [1.165, 1.54) is 47.0 Å². The van der Waals surface area contributed by atoms with E-state index in [0.29, 0.717) is 0 Å². The molecule has 28 heavy (non-hydrogen) atoms. The van der Waals surface area contributed by atoms with Crippen LogP contribution in [0.4, 0.5) is 28.0 Å². The first-order valence-electron chi connectivity index (χ1n) is 7.94. The Kier molecular flexibility index (Phi) is 4.58. The normalized spacial score (nSPS) is 19.5. The van der Waals surface area contributed by atoms with Gasteiger partial charge in [0.1, 0.15) is 5.82 Å². The number of rotatable bonds is 3. The highest BCUT2D eigenvalue weighted by Crippen LogP contribution is 2.36. The van der Waals surface area contributed by atoms with Crippen molar-refractivity contribution in [2.45, 2.75) is 18.8 Å². The zero-order chi connectivity index (χ0) is 20.7. The Labute approximate surface area is 156 Å². The highest BCUT2D eigenvalue weighted by Gasteiger charge is 2.69. The molecule has 1 heterocycles. The van der Waals surface area contributed by atoms with E-state index < -0.39 is 41.1 Å². The van der Waals surface area contributed by atoms with Crippen LogP contribution in [0.25, 0.3) is 0 Å². The Hall–Kier alpha value is -3.43. The third-order valence-corrected chi connectivity index (χ3v) is 4.16. The fourth-order valence-electron chi connectivity index (χ4n) is 2.69. The predicted octanol–water partition coefficient (Wildman–Crippen LogP) is 2.88. The Balaban J connectivity index is 2.02. The van der Waals surface area contributed by atoms with Crippen molar-refractivity contribution in [3.63, 3.8) is 0 Å². The largest absolute Gasteiger partial charge is 0.440 e. The molecular weight excluding hydrogens is 382 g/mol. The van der Waals surface area contributed by atoms with Crippen LogP contribution >= 0.6 is 0 Å². The maximum absolute atomic E-state index is 13.8. The Morgan fingerprint density at radius 2 is 1.68 bits per heavy atom. The summed E-state index contributed by atoms with van der Waals surface area (Å²) in [5.41, 5.74) is -3.79. The number of nitrogens with one attached hydrogen (secondary N) is 2. The molecule has 0 saturated carbocycles. The van der Waals surface area contributed by atoms with Gasteiger partial charge in [0.15, 0.2) is 0 Å². The second-order valence-corrected chi connectivity index (χ2v) is 6.09. The van der Waals surface area contributed by atoms with E-state index in [1.54, 1.807) is 6.92 Å². The van der Waals surface area contributed by atoms with Gasteiger partial charge in [0, 0.05) is 0 Å². The molecule has 0 radical (unpaired) electrons. The fraction of sp³-hybridized carbons (Fsp3) is 0.167. The van der Waals surface area contributed by atoms with Gasteiger partial charge in [-0.1, -0.05) is 29.8 Å². The molecule has 4 amide bonds. The second-order valence-electron chi connectivity index (χ2n) is 6.09. The minimum absolute atomic E-state index is 0.112. The monoisotopic (exact) mass is 395 g/mol. The highest BCUT2D eigenvalue weighted by molar-refractivity contribution is 6.24. The molecule has 0 aliphatic carbocycles. The predicted molar refractivity (Wildman–Crippen MR) is 89.8 cm³/mol. The van der Waals surface area contributed by atoms with Gasteiger partial charge in [-0.25, -0.2) is 14.1 Å². The average molecular weight is 395 g/mol. The molecule has 2 N–H and O–H groups in total. The maximum atomic E-state index is 13.8. The minimum Gasteiger partial charge on any atom is -0.314 e. The molecule has 2 aromatic rings. The van der Waals surface area contributed by atoms with Crippen molar-refractivity contribution in [2.24, 2.45) is 0 Å². The van der Waals surface area contributed by atoms with Crippen molar-refractivity contribution in [1.29, 1.82) is 0 Å². The Morgan fingerprint density at radius 3 is 2.25 bits per heavy atom. The molecule has 146 valence electrons. The summed E-state index contributed by atoms with van der Waals surface area (Å²) >= 11 is 0. The molecule has 1 aliphatic rings. The summed E-state index contributed by atoms with van der Waals surface area (Å²) in [5.74, 6) is -4.34. The molecule has 0 unspecified atom stereocenters. The number of hydrogen-bond donors (Lipinski definition) is 2. The second kappa shape index (κ2) is 6.63. The van der Waals surface area contributed by atoms with E-state index in [2.05, 4.69) is 0 Å². The maximum Gasteiger partial charge on any atom is 0.440 e. The zero-order valence-corrected chi connectivity index (χ0v) is 14.3. The summed E-state index contributed by atoms with van der Waals surface area (Å²) in [6.07, 6.45) is -5.39. The number of hydrogen-bond acceptors (Lipinski definition) is 3. The lowest BCUT2D eigenvalue weighted by atomic mass is 10.1. The molecule has 1 fully saturated rings. The van der Waals surface area contributed by atoms with Gasteiger partial charge < -0.3 is 5.32 Å². The van der Waals surface area contributed by atoms with Gasteiger partial charge in [0.2, 0.25) is 0 Å². The van der Waals surface area contributed by atoms with Gasteiger partial charge in [0.25, 0.3) is 17.5 Å². The molecular formula is C18H13F4N3O3. The number of urea groups is 1. The van der Waals surface area contributed by atoms with Crippen LogP contribution in [0.2, 0.25) is 0 Å². The first-order valence-corrected chi connectivity index (χ1v) is 7.94. The first kappa shape index (κ1) is 19.3. The van der Waals surface area contributed by atoms with Gasteiger partial charge >= 0.3 is 12.2 Å². The Bertz CT molecular complexity index is 959. The number of carbonyl (C=O) groups is 3. The van der Waals surface area contributed by atoms with Gasteiger partial charge in [-0.05, 0) is 31.2 Å². The van der Waals surface area contributed by atoms with Crippen LogP contribution in [-0.4, -0.2) is 29.7 Å². The van der Waals surface area contributed by atoms with Gasteiger partial charge in [-0.3, -0.25) is 14.9 Å². The van der Waals surface area contributed by atoms with Gasteiger partial charge in [0.05, 0.1) is 11.3 Å². The number of aryl methyl sites for hydroxylation is 1. The van der Waals surface area contributed by atoms with Gasteiger partial charge in [-0.15, -0.1) is 0 Å². The van der Waals surface area contributed by atoms with Crippen molar-refractivity contribution < 1.29 is 31.9 Å². The number of amides is 4. The van der Waals surface area contributed by atoms with Crippen LogP contribution in [0.5, 0.6) is 0 Å². The highest BCUT2D eigenvalue weighted by atomic mass is 19.4. The third kappa shape index (κ3) is 3.06. The van der Waals surface area contributed by atoms with E-state index in [1.807, 2.05) is 0 Å². The Morgan fingerprint density at radius 1 is 1.07 bits per heavy atom. The number of nitrogens with zero attached hydrogens (tertiary/aromatic N) is 1. The topological polar surface area (TPSA) is 78.5 Å². The molecule has 10 heteroatoms. The van der Waals surface area contributed by atoms with E-state index in [9.17, 15) is 31.9 Å². The van der Waals surface area contributed by atoms with E-state index in [0.717, 1.165) is 17.7 Å². The number of halogens is 4. The molecule has 1 saturated heterocycles. The molecule has 0 spiro atoms. The molecule has 6 nitrogen and oxygen atoms in total. The van der Waals surface area contributed by atoms with Crippen molar-refractivity contribution in [3.05, 3.63) is 65.5 Å². The van der Waals surface area contributed by atoms with Crippen molar-refractivity contribution in [1.82, 2.24) is 10.6 Å². The molecule has 0 bridgehead atoms. The average Bonchev–Trinajstić information content (AvgIpc) is 2.87. The van der Waals surface area contributed by atoms with Crippen molar-refractivity contribution >= 4 is 23.5 Å². The first-order chi connectivity index (χ1) is 13.1. The lowest BCUT2D eigenvalue weighted by Crippen LogP contribution is -2.69. The standard InChI is InChI=1S/C18H13F4N3O3/c1-10-6-8-11(9-7-10)25-15(27)17(18(20,21)22,24-16(25)28)23-14(26)12-4-2-3-5-13(12)19/h2-9H,1H3,(H,23,26)(H,24,28)/t17-/m0/s1. The van der Waals surface area contributed by atoms with Crippen LogP contribution in [-0.2, 0) is 4.79 Å². The summed E-state index contributed by atoms with van der Waals surface area (Å²) in [4.78, 5) is 37.3. The van der Waals surface area contributed by atoms with Crippen LogP contribution in [0.15, 0.2) is 48.5 Å². The minimum atomic E-state index is -5.39. The van der Waals surface area contributed by atoms with E-state index in [-0.39, 0.29) is 10.6 Å². The van der Waals surface area contributed by atoms with E-state index in [4.69, 9.17) is 0 Å². The van der Waals surface area contributed by atoms with Crippen LogP contribution < -0.4 is 15.5 Å². The molecule has 1 atom stereocenters. The lowest BCUT2D eigenvalue weighted by Gasteiger charge is -2.29. The SMILES string of the molecule is Cc1ccc(N2C(=O)N[C@](NC(=O)c3ccccc3F)(C(F)(F)F)C2=O)cc1. The summed E-state index contributed by atoms with van der Waals surface area (Å²) in [6.45, 7) is 1.71. The number of alkyl halides is 3. The number of anilines is 1. The zero-order valence-electron chi connectivity index (χ0n) is 14.3. The summed E-state index contributed by atoms with van der Waals surface area (Å²) in [5, 5.41) is 2.95. The summed E-state index contributed by atoms with van der Waals surface area (Å²) in [7, 11) is 0. The number of imide groups is 1. The lowest BCUT2D eigenvalue weighted by molar-refractivity contribution is -0.197. The van der Waals surface area contributed by atoms with Gasteiger partial charge in [-0.2, -0.15) is 13.2 Å². The summed E-state index contributed by atoms with van der Waals surface area (Å²) in [6, 6.07) is 8.52. The van der Waals surface area contributed by atoms with Crippen molar-refractivity contribution in [2.75, 3.05) is 4.90 Å². The number of benzene rings is 2. The molecule has 0 aromatic heterocycles. The number of carbonyl (C=O) groups excluding carboxylic acids is 3. The molecule has 2 aromatic carbocycles.